The first-order chi connectivity index (χ1) is 13.1. The highest BCUT2D eigenvalue weighted by molar-refractivity contribution is 7.16. The number of anilines is 1. The topological polar surface area (TPSA) is 73.4 Å². The van der Waals surface area contributed by atoms with Crippen LogP contribution in [0.3, 0.4) is 0 Å². The van der Waals surface area contributed by atoms with Gasteiger partial charge in [-0.15, -0.1) is 11.3 Å². The molecule has 8 heteroatoms. The lowest BCUT2D eigenvalue weighted by Gasteiger charge is -2.17. The van der Waals surface area contributed by atoms with Gasteiger partial charge in [-0.1, -0.05) is 6.92 Å². The van der Waals surface area contributed by atoms with Gasteiger partial charge in [-0.25, -0.2) is 4.98 Å². The number of ether oxygens (including phenoxy) is 1. The highest BCUT2D eigenvalue weighted by Gasteiger charge is 2.28. The first-order valence-corrected chi connectivity index (χ1v) is 9.84. The third-order valence-electron chi connectivity index (χ3n) is 4.67. The third kappa shape index (κ3) is 3.19. The number of nitrogens with zero attached hydrogens (tertiary/aromatic N) is 4. The van der Waals surface area contributed by atoms with E-state index in [1.165, 1.54) is 10.6 Å². The van der Waals surface area contributed by atoms with Gasteiger partial charge in [0.05, 0.1) is 11.9 Å². The summed E-state index contributed by atoms with van der Waals surface area (Å²) in [5, 5.41) is 5.08. The Morgan fingerprint density at radius 3 is 3.04 bits per heavy atom. The molecule has 1 aliphatic rings. The molecule has 0 aliphatic heterocycles. The summed E-state index contributed by atoms with van der Waals surface area (Å²) in [6.45, 7) is 2.98. The maximum absolute atomic E-state index is 13.1. The zero-order valence-electron chi connectivity index (χ0n) is 15.7. The van der Waals surface area contributed by atoms with Crippen molar-refractivity contribution in [1.82, 2.24) is 14.8 Å². The van der Waals surface area contributed by atoms with Crippen molar-refractivity contribution in [3.8, 4) is 11.3 Å². The molecular weight excluding hydrogens is 364 g/mol. The number of amides is 1. The number of rotatable bonds is 6. The molecule has 0 atom stereocenters. The lowest BCUT2D eigenvalue weighted by molar-refractivity contribution is 0.0951. The quantitative estimate of drug-likeness (QED) is 0.649. The number of carbonyl (C=O) groups is 1. The second kappa shape index (κ2) is 7.28. The van der Waals surface area contributed by atoms with Gasteiger partial charge in [0.25, 0.3) is 5.91 Å². The molecule has 0 saturated heterocycles. The molecule has 0 spiro atoms. The first-order valence-electron chi connectivity index (χ1n) is 9.02. The largest absolute Gasteiger partial charge is 0.453 e. The summed E-state index contributed by atoms with van der Waals surface area (Å²) < 4.78 is 12.6. The van der Waals surface area contributed by atoms with Crippen LogP contribution < -0.4 is 4.90 Å². The number of aryl methyl sites for hydroxylation is 2. The molecule has 1 amide bonds. The van der Waals surface area contributed by atoms with Crippen LogP contribution in [0.4, 0.5) is 5.13 Å². The van der Waals surface area contributed by atoms with E-state index in [0.29, 0.717) is 29.8 Å². The van der Waals surface area contributed by atoms with Crippen LogP contribution in [0, 0.1) is 0 Å². The summed E-state index contributed by atoms with van der Waals surface area (Å²) in [5.74, 6) is 0.776. The molecule has 3 aromatic rings. The maximum Gasteiger partial charge on any atom is 0.295 e. The molecule has 0 unspecified atom stereocenters. The van der Waals surface area contributed by atoms with E-state index in [9.17, 15) is 4.79 Å². The Hall–Kier alpha value is -2.45. The number of hydrogen-bond acceptors (Lipinski definition) is 6. The molecule has 3 aromatic heterocycles. The van der Waals surface area contributed by atoms with Crippen molar-refractivity contribution in [3.63, 3.8) is 0 Å². The van der Waals surface area contributed by atoms with E-state index in [2.05, 4.69) is 5.10 Å². The average molecular weight is 386 g/mol. The molecule has 0 radical (unpaired) electrons. The predicted octanol–water partition coefficient (Wildman–Crippen LogP) is 3.44. The van der Waals surface area contributed by atoms with Crippen molar-refractivity contribution in [3.05, 3.63) is 40.4 Å². The summed E-state index contributed by atoms with van der Waals surface area (Å²) in [7, 11) is 3.55. The number of carbonyl (C=O) groups excluding carboxylic acids is 1. The minimum Gasteiger partial charge on any atom is -0.453 e. The summed E-state index contributed by atoms with van der Waals surface area (Å²) in [6.07, 6.45) is 4.57. The van der Waals surface area contributed by atoms with Gasteiger partial charge in [-0.2, -0.15) is 5.10 Å². The van der Waals surface area contributed by atoms with Gasteiger partial charge in [0.2, 0.25) is 0 Å². The summed E-state index contributed by atoms with van der Waals surface area (Å²) in [6, 6.07) is 3.47. The zero-order valence-corrected chi connectivity index (χ0v) is 16.5. The zero-order chi connectivity index (χ0) is 19.0. The molecule has 7 nitrogen and oxygen atoms in total. The fraction of sp³-hybridized carbons (Fsp3) is 0.421. The van der Waals surface area contributed by atoms with E-state index >= 15 is 0 Å². The summed E-state index contributed by atoms with van der Waals surface area (Å²) in [4.78, 5) is 20.8. The van der Waals surface area contributed by atoms with Gasteiger partial charge >= 0.3 is 0 Å². The SMILES string of the molecule is CCCN(C(=O)c1ccc(COC)o1)c1nc2c(s1)CCc1c-2cnn1C. The molecule has 0 aromatic carbocycles. The number of furan rings is 1. The molecular formula is C19H22N4O3S. The maximum atomic E-state index is 13.1. The summed E-state index contributed by atoms with van der Waals surface area (Å²) in [5.41, 5.74) is 3.23. The second-order valence-electron chi connectivity index (χ2n) is 6.55. The van der Waals surface area contributed by atoms with Crippen molar-refractivity contribution < 1.29 is 13.9 Å². The molecule has 0 saturated carbocycles. The second-order valence-corrected chi connectivity index (χ2v) is 7.61. The number of fused-ring (bicyclic) bond motifs is 3. The van der Waals surface area contributed by atoms with Crippen molar-refractivity contribution in [2.75, 3.05) is 18.6 Å². The van der Waals surface area contributed by atoms with Crippen LogP contribution in [0.2, 0.25) is 0 Å². The Morgan fingerprint density at radius 1 is 1.41 bits per heavy atom. The van der Waals surface area contributed by atoms with Crippen LogP contribution in [0.5, 0.6) is 0 Å². The molecule has 0 fully saturated rings. The highest BCUT2D eigenvalue weighted by atomic mass is 32.1. The Labute approximate surface area is 161 Å². The van der Waals surface area contributed by atoms with Crippen LogP contribution in [0.25, 0.3) is 11.3 Å². The third-order valence-corrected chi connectivity index (χ3v) is 5.81. The molecule has 1 aliphatic carbocycles. The fourth-order valence-corrected chi connectivity index (χ4v) is 4.48. The highest BCUT2D eigenvalue weighted by Crippen LogP contribution is 2.39. The van der Waals surface area contributed by atoms with Crippen molar-refractivity contribution in [2.24, 2.45) is 7.05 Å². The Kier molecular flexibility index (Phi) is 4.84. The summed E-state index contributed by atoms with van der Waals surface area (Å²) >= 11 is 1.59. The predicted molar refractivity (Wildman–Crippen MR) is 103 cm³/mol. The molecule has 3 heterocycles. The van der Waals surface area contributed by atoms with E-state index in [-0.39, 0.29) is 5.91 Å². The Balaban J connectivity index is 1.67. The van der Waals surface area contributed by atoms with Crippen LogP contribution in [0.15, 0.2) is 22.7 Å². The van der Waals surface area contributed by atoms with Gasteiger partial charge in [0.1, 0.15) is 12.4 Å². The standard InChI is InChI=1S/C19H22N4O3S/c1-4-9-23(18(24)15-7-5-12(26-15)11-25-3)19-21-17-13-10-20-22(2)14(13)6-8-16(17)27-19/h5,7,10H,4,6,8-9,11H2,1-3H3. The number of thiazole rings is 1. The minimum atomic E-state index is -0.170. The lowest BCUT2D eigenvalue weighted by Crippen LogP contribution is -2.31. The molecule has 27 heavy (non-hydrogen) atoms. The smallest absolute Gasteiger partial charge is 0.295 e. The van der Waals surface area contributed by atoms with Crippen LogP contribution in [-0.4, -0.2) is 34.3 Å². The van der Waals surface area contributed by atoms with Crippen LogP contribution >= 0.6 is 11.3 Å². The van der Waals surface area contributed by atoms with E-state index < -0.39 is 0 Å². The number of aromatic nitrogens is 3. The van der Waals surface area contributed by atoms with Crippen molar-refractivity contribution >= 4 is 22.4 Å². The number of hydrogen-bond donors (Lipinski definition) is 0. The molecule has 142 valence electrons. The number of methoxy groups -OCH3 is 1. The van der Waals surface area contributed by atoms with E-state index in [1.54, 1.807) is 35.5 Å². The van der Waals surface area contributed by atoms with Crippen molar-refractivity contribution in [1.29, 1.82) is 0 Å². The fourth-order valence-electron chi connectivity index (χ4n) is 3.38. The van der Waals surface area contributed by atoms with Crippen LogP contribution in [-0.2, 0) is 31.2 Å². The van der Waals surface area contributed by atoms with Crippen LogP contribution in [0.1, 0.15) is 40.2 Å². The van der Waals surface area contributed by atoms with E-state index in [4.69, 9.17) is 14.1 Å². The molecule has 0 N–H and O–H groups in total. The lowest BCUT2D eigenvalue weighted by atomic mass is 10.0. The first kappa shape index (κ1) is 17.9. The van der Waals surface area contributed by atoms with Gasteiger partial charge in [-0.05, 0) is 31.4 Å². The van der Waals surface area contributed by atoms with Gasteiger partial charge in [-0.3, -0.25) is 14.4 Å². The Morgan fingerprint density at radius 2 is 2.26 bits per heavy atom. The minimum absolute atomic E-state index is 0.170. The molecule has 4 rings (SSSR count). The van der Waals surface area contributed by atoms with Gasteiger partial charge in [0, 0.05) is 36.8 Å². The monoisotopic (exact) mass is 386 g/mol. The van der Waals surface area contributed by atoms with E-state index in [1.807, 2.05) is 24.9 Å². The molecule has 0 bridgehead atoms. The Bertz CT molecular complexity index is 972. The average Bonchev–Trinajstić information content (AvgIpc) is 3.37. The van der Waals surface area contributed by atoms with Gasteiger partial charge < -0.3 is 9.15 Å². The van der Waals surface area contributed by atoms with Crippen molar-refractivity contribution in [2.45, 2.75) is 32.8 Å². The van der Waals surface area contributed by atoms with Gasteiger partial charge in [0.15, 0.2) is 10.9 Å². The normalized spacial score (nSPS) is 12.7. The van der Waals surface area contributed by atoms with E-state index in [0.717, 1.165) is 30.5 Å².